The van der Waals surface area contributed by atoms with E-state index in [9.17, 15) is 9.18 Å². The first-order valence-corrected chi connectivity index (χ1v) is 6.80. The predicted octanol–water partition coefficient (Wildman–Crippen LogP) is 2.39. The minimum Gasteiger partial charge on any atom is -0.354 e. The first-order valence-electron chi connectivity index (χ1n) is 6.80. The molecule has 20 heavy (non-hydrogen) atoms. The van der Waals surface area contributed by atoms with Gasteiger partial charge in [-0.2, -0.15) is 0 Å². The molecule has 0 spiro atoms. The fourth-order valence-corrected chi connectivity index (χ4v) is 2.48. The quantitative estimate of drug-likeness (QED) is 0.877. The highest BCUT2D eigenvalue weighted by Gasteiger charge is 2.45. The van der Waals surface area contributed by atoms with Crippen LogP contribution in [-0.4, -0.2) is 25.5 Å². The zero-order valence-electron chi connectivity index (χ0n) is 11.9. The number of carbonyl (C=O) groups is 1. The maximum absolute atomic E-state index is 13.3. The SMILES string of the molecule is CNC(C)CNC(=O)C1(c2cccc(F)c2)CCC1.Cl. The largest absolute Gasteiger partial charge is 0.354 e. The lowest BCUT2D eigenvalue weighted by molar-refractivity contribution is -0.130. The van der Waals surface area contributed by atoms with Gasteiger partial charge in [-0.15, -0.1) is 12.4 Å². The molecule has 3 nitrogen and oxygen atoms in total. The third kappa shape index (κ3) is 3.30. The molecule has 0 saturated heterocycles. The average molecular weight is 301 g/mol. The van der Waals surface area contributed by atoms with Crippen molar-refractivity contribution in [1.82, 2.24) is 10.6 Å². The highest BCUT2D eigenvalue weighted by Crippen LogP contribution is 2.44. The first kappa shape index (κ1) is 16.9. The van der Waals surface area contributed by atoms with Crippen molar-refractivity contribution in [3.05, 3.63) is 35.6 Å². The van der Waals surface area contributed by atoms with Crippen LogP contribution in [0.1, 0.15) is 31.7 Å². The molecule has 2 N–H and O–H groups in total. The molecular weight excluding hydrogens is 279 g/mol. The van der Waals surface area contributed by atoms with E-state index >= 15 is 0 Å². The van der Waals surface area contributed by atoms with Crippen LogP contribution in [0.5, 0.6) is 0 Å². The number of nitrogens with one attached hydrogen (secondary N) is 2. The molecule has 1 amide bonds. The van der Waals surface area contributed by atoms with Crippen LogP contribution < -0.4 is 10.6 Å². The molecule has 0 radical (unpaired) electrons. The normalized spacial score (nSPS) is 17.6. The Balaban J connectivity index is 0.00000200. The Labute approximate surface area is 125 Å². The molecule has 1 unspecified atom stereocenters. The first-order chi connectivity index (χ1) is 9.08. The summed E-state index contributed by atoms with van der Waals surface area (Å²) in [6, 6.07) is 6.66. The topological polar surface area (TPSA) is 41.1 Å². The molecule has 1 aliphatic carbocycles. The standard InChI is InChI=1S/C15H21FN2O.ClH/c1-11(17-2)10-18-14(19)15(7-4-8-15)12-5-3-6-13(16)9-12;/h3,5-6,9,11,17H,4,7-8,10H2,1-2H3,(H,18,19);1H. The third-order valence-corrected chi connectivity index (χ3v) is 4.08. The maximum Gasteiger partial charge on any atom is 0.230 e. The van der Waals surface area contributed by atoms with Crippen molar-refractivity contribution < 1.29 is 9.18 Å². The van der Waals surface area contributed by atoms with Crippen LogP contribution >= 0.6 is 12.4 Å². The van der Waals surface area contributed by atoms with E-state index in [-0.39, 0.29) is 30.2 Å². The molecule has 0 aromatic heterocycles. The Kier molecular flexibility index (Phi) is 5.96. The monoisotopic (exact) mass is 300 g/mol. The van der Waals surface area contributed by atoms with Gasteiger partial charge in [0.25, 0.3) is 0 Å². The van der Waals surface area contributed by atoms with E-state index in [1.807, 2.05) is 20.0 Å². The lowest BCUT2D eigenvalue weighted by Crippen LogP contribution is -2.51. The summed E-state index contributed by atoms with van der Waals surface area (Å²) in [5, 5.41) is 6.05. The molecule has 1 fully saturated rings. The number of halogens is 2. The van der Waals surface area contributed by atoms with Gasteiger partial charge in [0.1, 0.15) is 5.82 Å². The number of carbonyl (C=O) groups excluding carboxylic acids is 1. The summed E-state index contributed by atoms with van der Waals surface area (Å²) in [4.78, 5) is 12.4. The van der Waals surface area contributed by atoms with Gasteiger partial charge >= 0.3 is 0 Å². The van der Waals surface area contributed by atoms with E-state index in [0.29, 0.717) is 6.54 Å². The highest BCUT2D eigenvalue weighted by molar-refractivity contribution is 5.89. The van der Waals surface area contributed by atoms with Crippen molar-refractivity contribution in [3.63, 3.8) is 0 Å². The van der Waals surface area contributed by atoms with E-state index in [4.69, 9.17) is 0 Å². The molecule has 1 atom stereocenters. The fraction of sp³-hybridized carbons (Fsp3) is 0.533. The van der Waals surface area contributed by atoms with Crippen molar-refractivity contribution in [2.75, 3.05) is 13.6 Å². The summed E-state index contributed by atoms with van der Waals surface area (Å²) in [5.41, 5.74) is 0.281. The zero-order valence-corrected chi connectivity index (χ0v) is 12.7. The highest BCUT2D eigenvalue weighted by atomic mass is 35.5. The number of hydrogen-bond acceptors (Lipinski definition) is 2. The fourth-order valence-electron chi connectivity index (χ4n) is 2.48. The van der Waals surface area contributed by atoms with Gasteiger partial charge in [-0.25, -0.2) is 4.39 Å². The lowest BCUT2D eigenvalue weighted by atomic mass is 9.64. The molecular formula is C15H22ClFN2O. The van der Waals surface area contributed by atoms with Crippen LogP contribution in [0.3, 0.4) is 0 Å². The lowest BCUT2D eigenvalue weighted by Gasteiger charge is -2.41. The van der Waals surface area contributed by atoms with E-state index < -0.39 is 5.41 Å². The van der Waals surface area contributed by atoms with Crippen LogP contribution in [-0.2, 0) is 10.2 Å². The van der Waals surface area contributed by atoms with Gasteiger partial charge in [0.05, 0.1) is 5.41 Å². The molecule has 1 saturated carbocycles. The van der Waals surface area contributed by atoms with Gasteiger partial charge in [-0.3, -0.25) is 4.79 Å². The molecule has 1 aromatic rings. The minimum absolute atomic E-state index is 0. The molecule has 0 aliphatic heterocycles. The molecule has 1 aromatic carbocycles. The van der Waals surface area contributed by atoms with Gasteiger partial charge in [-0.05, 0) is 44.5 Å². The van der Waals surface area contributed by atoms with Crippen LogP contribution in [0.15, 0.2) is 24.3 Å². The second kappa shape index (κ2) is 7.04. The van der Waals surface area contributed by atoms with Crippen LogP contribution in [0.4, 0.5) is 4.39 Å². The van der Waals surface area contributed by atoms with Gasteiger partial charge in [0, 0.05) is 12.6 Å². The van der Waals surface area contributed by atoms with Crippen molar-refractivity contribution in [1.29, 1.82) is 0 Å². The van der Waals surface area contributed by atoms with Crippen molar-refractivity contribution in [2.45, 2.75) is 37.6 Å². The van der Waals surface area contributed by atoms with E-state index in [1.165, 1.54) is 12.1 Å². The smallest absolute Gasteiger partial charge is 0.230 e. The Hall–Kier alpha value is -1.13. The number of likely N-dealkylation sites (N-methyl/N-ethyl adjacent to an activating group) is 1. The average Bonchev–Trinajstić information content (AvgIpc) is 2.34. The van der Waals surface area contributed by atoms with Gasteiger partial charge in [0.15, 0.2) is 0 Å². The number of rotatable bonds is 5. The molecule has 2 rings (SSSR count). The van der Waals surface area contributed by atoms with Gasteiger partial charge < -0.3 is 10.6 Å². The summed E-state index contributed by atoms with van der Waals surface area (Å²) in [6.45, 7) is 2.60. The zero-order chi connectivity index (χ0) is 13.9. The van der Waals surface area contributed by atoms with Gasteiger partial charge in [0.2, 0.25) is 5.91 Å². The molecule has 5 heteroatoms. The Morgan fingerprint density at radius 3 is 2.65 bits per heavy atom. The third-order valence-electron chi connectivity index (χ3n) is 4.08. The van der Waals surface area contributed by atoms with Crippen molar-refractivity contribution in [2.24, 2.45) is 0 Å². The van der Waals surface area contributed by atoms with E-state index in [1.54, 1.807) is 6.07 Å². The number of benzene rings is 1. The molecule has 1 aliphatic rings. The second-order valence-electron chi connectivity index (χ2n) is 5.35. The van der Waals surface area contributed by atoms with Crippen LogP contribution in [0.2, 0.25) is 0 Å². The summed E-state index contributed by atoms with van der Waals surface area (Å²) < 4.78 is 13.3. The second-order valence-corrected chi connectivity index (χ2v) is 5.35. The van der Waals surface area contributed by atoms with Crippen LogP contribution in [0.25, 0.3) is 0 Å². The molecule has 0 bridgehead atoms. The maximum atomic E-state index is 13.3. The van der Waals surface area contributed by atoms with E-state index in [2.05, 4.69) is 10.6 Å². The van der Waals surface area contributed by atoms with Crippen molar-refractivity contribution in [3.8, 4) is 0 Å². The summed E-state index contributed by atoms with van der Waals surface area (Å²) >= 11 is 0. The van der Waals surface area contributed by atoms with Crippen molar-refractivity contribution >= 4 is 18.3 Å². The summed E-state index contributed by atoms with van der Waals surface area (Å²) in [6.07, 6.45) is 2.62. The molecule has 112 valence electrons. The van der Waals surface area contributed by atoms with Crippen LogP contribution in [0, 0.1) is 5.82 Å². The van der Waals surface area contributed by atoms with Gasteiger partial charge in [-0.1, -0.05) is 18.6 Å². The predicted molar refractivity (Wildman–Crippen MR) is 80.7 cm³/mol. The summed E-state index contributed by atoms with van der Waals surface area (Å²) in [7, 11) is 1.86. The Morgan fingerprint density at radius 2 is 2.15 bits per heavy atom. The Bertz CT molecular complexity index is 463. The summed E-state index contributed by atoms with van der Waals surface area (Å²) in [5.74, 6) is -0.258. The molecule has 0 heterocycles. The minimum atomic E-state index is -0.518. The Morgan fingerprint density at radius 1 is 1.45 bits per heavy atom. The number of amides is 1. The number of hydrogen-bond donors (Lipinski definition) is 2. The van der Waals surface area contributed by atoms with E-state index in [0.717, 1.165) is 24.8 Å².